The van der Waals surface area contributed by atoms with Gasteiger partial charge >= 0.3 is 0 Å². The average molecular weight is 371 g/mol. The molecule has 1 saturated carbocycles. The number of aromatic nitrogens is 2. The van der Waals surface area contributed by atoms with Crippen LogP contribution in [0.4, 0.5) is 0 Å². The van der Waals surface area contributed by atoms with Gasteiger partial charge in [-0.2, -0.15) is 0 Å². The van der Waals surface area contributed by atoms with Crippen molar-refractivity contribution in [3.05, 3.63) is 48.3 Å². The molecule has 7 heteroatoms. The van der Waals surface area contributed by atoms with E-state index in [2.05, 4.69) is 20.8 Å². The van der Waals surface area contributed by atoms with E-state index in [1.54, 1.807) is 30.5 Å². The van der Waals surface area contributed by atoms with Crippen molar-refractivity contribution in [2.45, 2.75) is 36.7 Å². The summed E-state index contributed by atoms with van der Waals surface area (Å²) < 4.78 is 26.9. The summed E-state index contributed by atoms with van der Waals surface area (Å²) in [6, 6.07) is 10.9. The van der Waals surface area contributed by atoms with Gasteiger partial charge < -0.3 is 10.1 Å². The Bertz CT molecular complexity index is 1040. The van der Waals surface area contributed by atoms with Gasteiger partial charge in [-0.15, -0.1) is 0 Å². The largest absolute Gasteiger partial charge is 0.392 e. The number of benzene rings is 1. The quantitative estimate of drug-likeness (QED) is 0.621. The van der Waals surface area contributed by atoms with E-state index >= 15 is 0 Å². The fourth-order valence-electron chi connectivity index (χ4n) is 3.04. The van der Waals surface area contributed by atoms with Crippen molar-refractivity contribution in [3.63, 3.8) is 0 Å². The highest BCUT2D eigenvalue weighted by atomic mass is 32.2. The zero-order valence-electron chi connectivity index (χ0n) is 14.4. The van der Waals surface area contributed by atoms with E-state index in [4.69, 9.17) is 0 Å². The summed E-state index contributed by atoms with van der Waals surface area (Å²) in [5, 5.41) is 10.3. The highest BCUT2D eigenvalue weighted by molar-refractivity contribution is 7.89. The van der Waals surface area contributed by atoms with Crippen molar-refractivity contribution in [2.75, 3.05) is 6.54 Å². The first-order valence-electron chi connectivity index (χ1n) is 8.70. The lowest BCUT2D eigenvalue weighted by molar-refractivity contribution is 0.198. The second kappa shape index (κ2) is 6.50. The molecule has 2 aromatic heterocycles. The van der Waals surface area contributed by atoms with Crippen LogP contribution in [0.15, 0.2) is 47.5 Å². The van der Waals surface area contributed by atoms with Crippen LogP contribution in [0.5, 0.6) is 0 Å². The van der Waals surface area contributed by atoms with E-state index in [-0.39, 0.29) is 11.4 Å². The Balaban J connectivity index is 1.66. The third-order valence-corrected chi connectivity index (χ3v) is 6.05. The van der Waals surface area contributed by atoms with E-state index in [0.717, 1.165) is 22.2 Å². The van der Waals surface area contributed by atoms with Gasteiger partial charge in [0.15, 0.2) is 0 Å². The summed E-state index contributed by atoms with van der Waals surface area (Å²) in [5.41, 5.74) is 4.05. The Kier molecular flexibility index (Phi) is 4.30. The SMILES string of the molecule is CC(O)CNS(=O)(=O)c1ccc(-c2ccnc3[nH]c(C4CC4)cc23)cc1. The van der Waals surface area contributed by atoms with Gasteiger partial charge in [0.2, 0.25) is 10.0 Å². The molecule has 6 nitrogen and oxygen atoms in total. The first kappa shape index (κ1) is 17.2. The zero-order valence-corrected chi connectivity index (χ0v) is 15.3. The maximum absolute atomic E-state index is 12.2. The molecule has 1 atom stereocenters. The number of H-pyrrole nitrogens is 1. The summed E-state index contributed by atoms with van der Waals surface area (Å²) in [6.45, 7) is 1.52. The van der Waals surface area contributed by atoms with Crippen LogP contribution in [-0.4, -0.2) is 36.1 Å². The number of sulfonamides is 1. The smallest absolute Gasteiger partial charge is 0.240 e. The third kappa shape index (κ3) is 3.38. The predicted molar refractivity (Wildman–Crippen MR) is 100 cm³/mol. The lowest BCUT2D eigenvalue weighted by atomic mass is 10.0. The van der Waals surface area contributed by atoms with Gasteiger partial charge in [0, 0.05) is 23.8 Å². The number of pyridine rings is 1. The molecule has 1 aromatic carbocycles. The van der Waals surface area contributed by atoms with Gasteiger partial charge in [-0.25, -0.2) is 18.1 Å². The lowest BCUT2D eigenvalue weighted by Gasteiger charge is -2.09. The maximum atomic E-state index is 12.2. The number of aromatic amines is 1. The Morgan fingerprint density at radius 2 is 2.00 bits per heavy atom. The van der Waals surface area contributed by atoms with Crippen LogP contribution in [-0.2, 0) is 10.0 Å². The minimum Gasteiger partial charge on any atom is -0.392 e. The van der Waals surface area contributed by atoms with E-state index < -0.39 is 16.1 Å². The van der Waals surface area contributed by atoms with Crippen molar-refractivity contribution in [2.24, 2.45) is 0 Å². The topological polar surface area (TPSA) is 95.1 Å². The Morgan fingerprint density at radius 3 is 2.65 bits per heavy atom. The highest BCUT2D eigenvalue weighted by Gasteiger charge is 2.26. The molecule has 0 bridgehead atoms. The Morgan fingerprint density at radius 1 is 1.27 bits per heavy atom. The summed E-state index contributed by atoms with van der Waals surface area (Å²) >= 11 is 0. The minimum atomic E-state index is -3.62. The molecule has 26 heavy (non-hydrogen) atoms. The van der Waals surface area contributed by atoms with Crippen LogP contribution in [0.1, 0.15) is 31.4 Å². The number of aliphatic hydroxyl groups excluding tert-OH is 1. The van der Waals surface area contributed by atoms with Crippen molar-refractivity contribution in [1.82, 2.24) is 14.7 Å². The Hall–Kier alpha value is -2.22. The van der Waals surface area contributed by atoms with E-state index in [1.807, 2.05) is 6.07 Å². The molecule has 1 fully saturated rings. The van der Waals surface area contributed by atoms with Crippen molar-refractivity contribution in [3.8, 4) is 11.1 Å². The van der Waals surface area contributed by atoms with Crippen molar-refractivity contribution < 1.29 is 13.5 Å². The third-order valence-electron chi connectivity index (χ3n) is 4.61. The fraction of sp³-hybridized carbons (Fsp3) is 0.316. The van der Waals surface area contributed by atoms with Crippen LogP contribution in [0, 0.1) is 0 Å². The Labute approximate surface area is 152 Å². The normalized spacial score (nSPS) is 16.1. The van der Waals surface area contributed by atoms with E-state index in [9.17, 15) is 13.5 Å². The summed E-state index contributed by atoms with van der Waals surface area (Å²) in [6.07, 6.45) is 3.46. The van der Waals surface area contributed by atoms with Crippen molar-refractivity contribution >= 4 is 21.1 Å². The number of nitrogens with zero attached hydrogens (tertiary/aromatic N) is 1. The van der Waals surface area contributed by atoms with Crippen LogP contribution in [0.2, 0.25) is 0 Å². The minimum absolute atomic E-state index is 0.0116. The zero-order chi connectivity index (χ0) is 18.3. The molecule has 1 unspecified atom stereocenters. The van der Waals surface area contributed by atoms with Crippen LogP contribution >= 0.6 is 0 Å². The standard InChI is InChI=1S/C19H21N3O3S/c1-12(23)11-21-26(24,25)15-6-4-13(5-7-15)16-8-9-20-19-17(16)10-18(22-19)14-2-3-14/h4-10,12,14,21,23H,2-3,11H2,1H3,(H,20,22). The molecule has 1 aliphatic rings. The van der Waals surface area contributed by atoms with Crippen LogP contribution in [0.3, 0.4) is 0 Å². The van der Waals surface area contributed by atoms with Gasteiger partial charge in [-0.05, 0) is 61.1 Å². The van der Waals surface area contributed by atoms with Gasteiger partial charge in [0.1, 0.15) is 5.65 Å². The molecular formula is C19H21N3O3S. The molecule has 1 aliphatic carbocycles. The second-order valence-electron chi connectivity index (χ2n) is 6.85. The molecule has 2 heterocycles. The second-order valence-corrected chi connectivity index (χ2v) is 8.61. The average Bonchev–Trinajstić information content (AvgIpc) is 3.38. The van der Waals surface area contributed by atoms with E-state index in [1.165, 1.54) is 25.5 Å². The molecule has 3 N–H and O–H groups in total. The highest BCUT2D eigenvalue weighted by Crippen LogP contribution is 2.41. The predicted octanol–water partition coefficient (Wildman–Crippen LogP) is 2.77. The molecule has 4 rings (SSSR count). The number of fused-ring (bicyclic) bond motifs is 1. The number of rotatable bonds is 6. The maximum Gasteiger partial charge on any atom is 0.240 e. The first-order valence-corrected chi connectivity index (χ1v) is 10.2. The molecule has 0 saturated heterocycles. The monoisotopic (exact) mass is 371 g/mol. The van der Waals surface area contributed by atoms with Crippen molar-refractivity contribution in [1.29, 1.82) is 0 Å². The summed E-state index contributed by atoms with van der Waals surface area (Å²) in [5.74, 6) is 0.615. The van der Waals surface area contributed by atoms with E-state index in [0.29, 0.717) is 5.92 Å². The summed E-state index contributed by atoms with van der Waals surface area (Å²) in [7, 11) is -3.62. The van der Waals surface area contributed by atoms with Gasteiger partial charge in [-0.1, -0.05) is 12.1 Å². The molecule has 0 spiro atoms. The number of hydrogen-bond donors (Lipinski definition) is 3. The number of aliphatic hydroxyl groups is 1. The molecule has 0 amide bonds. The number of hydrogen-bond acceptors (Lipinski definition) is 4. The van der Waals surface area contributed by atoms with Gasteiger partial charge in [-0.3, -0.25) is 0 Å². The van der Waals surface area contributed by atoms with Gasteiger partial charge in [0.05, 0.1) is 11.0 Å². The molecule has 0 radical (unpaired) electrons. The lowest BCUT2D eigenvalue weighted by Crippen LogP contribution is -2.30. The fourth-order valence-corrected chi connectivity index (χ4v) is 4.16. The molecule has 136 valence electrons. The first-order chi connectivity index (χ1) is 12.4. The molecule has 3 aromatic rings. The van der Waals surface area contributed by atoms with Crippen LogP contribution < -0.4 is 4.72 Å². The van der Waals surface area contributed by atoms with Crippen LogP contribution in [0.25, 0.3) is 22.2 Å². The molecule has 0 aliphatic heterocycles. The number of nitrogens with one attached hydrogen (secondary N) is 2. The van der Waals surface area contributed by atoms with Gasteiger partial charge in [0.25, 0.3) is 0 Å². The summed E-state index contributed by atoms with van der Waals surface area (Å²) in [4.78, 5) is 7.98. The molecular weight excluding hydrogens is 350 g/mol.